The van der Waals surface area contributed by atoms with E-state index in [9.17, 15) is 4.79 Å². The van der Waals surface area contributed by atoms with E-state index in [2.05, 4.69) is 76.2 Å². The maximum absolute atomic E-state index is 11.7. The van der Waals surface area contributed by atoms with Crippen LogP contribution in [0.3, 0.4) is 0 Å². The Morgan fingerprint density at radius 1 is 1.18 bits per heavy atom. The van der Waals surface area contributed by atoms with Crippen molar-refractivity contribution in [2.24, 2.45) is 0 Å². The van der Waals surface area contributed by atoms with E-state index in [0.29, 0.717) is 12.6 Å². The van der Waals surface area contributed by atoms with Gasteiger partial charge in [0.2, 0.25) is 0 Å². The Labute approximate surface area is 167 Å². The summed E-state index contributed by atoms with van der Waals surface area (Å²) in [6, 6.07) is 11.4. The van der Waals surface area contributed by atoms with Gasteiger partial charge in [0.25, 0.3) is 0 Å². The number of nitrogens with zero attached hydrogens (tertiary/aromatic N) is 5. The van der Waals surface area contributed by atoms with Crippen molar-refractivity contribution in [2.75, 3.05) is 34.7 Å². The summed E-state index contributed by atoms with van der Waals surface area (Å²) in [5.41, 5.74) is 4.79. The van der Waals surface area contributed by atoms with Crippen LogP contribution >= 0.6 is 0 Å². The molecule has 7 heteroatoms. The van der Waals surface area contributed by atoms with Crippen molar-refractivity contribution in [1.29, 1.82) is 0 Å². The van der Waals surface area contributed by atoms with E-state index in [0.717, 1.165) is 31.9 Å². The fourth-order valence-electron chi connectivity index (χ4n) is 3.38. The van der Waals surface area contributed by atoms with Crippen molar-refractivity contribution in [3.05, 3.63) is 52.8 Å². The van der Waals surface area contributed by atoms with E-state index >= 15 is 0 Å². The molecule has 1 aliphatic heterocycles. The lowest BCUT2D eigenvalue weighted by Crippen LogP contribution is -2.34. The van der Waals surface area contributed by atoms with Gasteiger partial charge in [-0.2, -0.15) is 5.10 Å². The molecule has 2 aromatic rings. The smallest absolute Gasteiger partial charge is 0.317 e. The first-order chi connectivity index (χ1) is 13.3. The number of rotatable bonds is 6. The number of benzene rings is 1. The Morgan fingerprint density at radius 2 is 1.89 bits per heavy atom. The molecule has 1 aliphatic rings. The zero-order valence-corrected chi connectivity index (χ0v) is 17.6. The normalized spacial score (nSPS) is 15.4. The average molecular weight is 385 g/mol. The standard InChI is InChI=1S/C21H32N6O/c1-16(24(2)3)18-8-6-17(7-9-18)14-26-10-11-27-20(15-26)12-19(23-27)13-22-21(28)25(4)5/h6-9,12,16H,10-11,13-15H2,1-5H3,(H,22,28)/t16-/m0/s1. The third-order valence-corrected chi connectivity index (χ3v) is 5.40. The molecule has 0 saturated heterocycles. The lowest BCUT2D eigenvalue weighted by atomic mass is 10.0. The summed E-state index contributed by atoms with van der Waals surface area (Å²) >= 11 is 0. The summed E-state index contributed by atoms with van der Waals surface area (Å²) in [6.07, 6.45) is 0. The van der Waals surface area contributed by atoms with Gasteiger partial charge in [0, 0.05) is 39.8 Å². The van der Waals surface area contributed by atoms with Crippen molar-refractivity contribution >= 4 is 6.03 Å². The zero-order chi connectivity index (χ0) is 20.3. The molecule has 1 N–H and O–H groups in total. The molecule has 3 rings (SSSR count). The number of fused-ring (bicyclic) bond motifs is 1. The lowest BCUT2D eigenvalue weighted by Gasteiger charge is -2.27. The van der Waals surface area contributed by atoms with Crippen LogP contribution in [0.5, 0.6) is 0 Å². The molecule has 152 valence electrons. The minimum absolute atomic E-state index is 0.0976. The van der Waals surface area contributed by atoms with Crippen molar-refractivity contribution in [2.45, 2.75) is 39.1 Å². The van der Waals surface area contributed by atoms with Gasteiger partial charge in [-0.05, 0) is 38.2 Å². The van der Waals surface area contributed by atoms with Gasteiger partial charge < -0.3 is 15.1 Å². The SMILES string of the molecule is C[C@@H](c1ccc(CN2CCn3nc(CNC(=O)N(C)C)cc3C2)cc1)N(C)C. The largest absolute Gasteiger partial charge is 0.332 e. The monoisotopic (exact) mass is 384 g/mol. The molecule has 0 unspecified atom stereocenters. The molecule has 2 heterocycles. The Balaban J connectivity index is 1.57. The van der Waals surface area contributed by atoms with Gasteiger partial charge in [0.1, 0.15) is 0 Å². The van der Waals surface area contributed by atoms with Gasteiger partial charge in [-0.15, -0.1) is 0 Å². The first-order valence-electron chi connectivity index (χ1n) is 9.82. The van der Waals surface area contributed by atoms with Gasteiger partial charge in [-0.1, -0.05) is 24.3 Å². The van der Waals surface area contributed by atoms with E-state index in [-0.39, 0.29) is 6.03 Å². The number of amides is 2. The van der Waals surface area contributed by atoms with Gasteiger partial charge >= 0.3 is 6.03 Å². The topological polar surface area (TPSA) is 56.6 Å². The summed E-state index contributed by atoms with van der Waals surface area (Å²) in [5, 5.41) is 7.50. The van der Waals surface area contributed by atoms with E-state index < -0.39 is 0 Å². The molecule has 1 aromatic heterocycles. The maximum Gasteiger partial charge on any atom is 0.317 e. The first-order valence-corrected chi connectivity index (χ1v) is 9.82. The van der Waals surface area contributed by atoms with Gasteiger partial charge in [-0.25, -0.2) is 4.79 Å². The van der Waals surface area contributed by atoms with E-state index in [1.165, 1.54) is 21.7 Å². The van der Waals surface area contributed by atoms with Crippen LogP contribution in [0, 0.1) is 0 Å². The second kappa shape index (κ2) is 8.75. The molecule has 28 heavy (non-hydrogen) atoms. The molecular weight excluding hydrogens is 352 g/mol. The van der Waals surface area contributed by atoms with Crippen LogP contribution in [0.15, 0.2) is 30.3 Å². The Morgan fingerprint density at radius 3 is 2.54 bits per heavy atom. The number of carbonyl (C=O) groups is 1. The maximum atomic E-state index is 11.7. The Bertz CT molecular complexity index is 796. The van der Waals surface area contributed by atoms with Gasteiger partial charge in [0.05, 0.1) is 24.5 Å². The summed E-state index contributed by atoms with van der Waals surface area (Å²) in [5.74, 6) is 0. The van der Waals surface area contributed by atoms with E-state index in [1.807, 2.05) is 0 Å². The summed E-state index contributed by atoms with van der Waals surface area (Å²) in [4.78, 5) is 17.9. The quantitative estimate of drug-likeness (QED) is 0.830. The highest BCUT2D eigenvalue weighted by Crippen LogP contribution is 2.20. The lowest BCUT2D eigenvalue weighted by molar-refractivity contribution is 0.205. The molecule has 7 nitrogen and oxygen atoms in total. The van der Waals surface area contributed by atoms with Crippen LogP contribution in [-0.4, -0.2) is 65.2 Å². The zero-order valence-electron chi connectivity index (χ0n) is 17.6. The summed E-state index contributed by atoms with van der Waals surface area (Å²) in [6.45, 7) is 6.36. The molecule has 2 amide bonds. The van der Waals surface area contributed by atoms with Crippen molar-refractivity contribution in [1.82, 2.24) is 29.8 Å². The fourth-order valence-corrected chi connectivity index (χ4v) is 3.38. The molecule has 1 atom stereocenters. The van der Waals surface area contributed by atoms with Gasteiger partial charge in [-0.3, -0.25) is 9.58 Å². The van der Waals surface area contributed by atoms with Crippen molar-refractivity contribution < 1.29 is 4.79 Å². The highest BCUT2D eigenvalue weighted by atomic mass is 16.2. The van der Waals surface area contributed by atoms with Crippen LogP contribution in [0.4, 0.5) is 4.79 Å². The molecule has 0 spiro atoms. The second-order valence-electron chi connectivity index (χ2n) is 8.00. The third kappa shape index (κ3) is 4.91. The van der Waals surface area contributed by atoms with Crippen LogP contribution in [0.25, 0.3) is 0 Å². The highest BCUT2D eigenvalue weighted by molar-refractivity contribution is 5.73. The van der Waals surface area contributed by atoms with E-state index in [4.69, 9.17) is 0 Å². The second-order valence-corrected chi connectivity index (χ2v) is 8.00. The number of hydrogen-bond acceptors (Lipinski definition) is 4. The first kappa shape index (κ1) is 20.4. The fraction of sp³-hybridized carbons (Fsp3) is 0.524. The number of aromatic nitrogens is 2. The molecule has 0 bridgehead atoms. The summed E-state index contributed by atoms with van der Waals surface area (Å²) in [7, 11) is 7.68. The summed E-state index contributed by atoms with van der Waals surface area (Å²) < 4.78 is 2.06. The van der Waals surface area contributed by atoms with Crippen molar-refractivity contribution in [3.8, 4) is 0 Å². The molecule has 1 aromatic carbocycles. The van der Waals surface area contributed by atoms with Crippen molar-refractivity contribution in [3.63, 3.8) is 0 Å². The third-order valence-electron chi connectivity index (χ3n) is 5.40. The molecule has 0 radical (unpaired) electrons. The van der Waals surface area contributed by atoms with Gasteiger partial charge in [0.15, 0.2) is 0 Å². The predicted octanol–water partition coefficient (Wildman–Crippen LogP) is 2.29. The number of urea groups is 1. The Hall–Kier alpha value is -2.38. The Kier molecular flexibility index (Phi) is 6.36. The molecule has 0 saturated carbocycles. The number of nitrogens with one attached hydrogen (secondary N) is 1. The predicted molar refractivity (Wildman–Crippen MR) is 111 cm³/mol. The number of hydrogen-bond donors (Lipinski definition) is 1. The minimum atomic E-state index is -0.0976. The van der Waals surface area contributed by atoms with Crippen LogP contribution in [0.2, 0.25) is 0 Å². The molecule has 0 aliphatic carbocycles. The molecule has 0 fully saturated rings. The average Bonchev–Trinajstić information content (AvgIpc) is 3.08. The van der Waals surface area contributed by atoms with Crippen LogP contribution in [0.1, 0.15) is 35.5 Å². The van der Waals surface area contributed by atoms with Crippen LogP contribution < -0.4 is 5.32 Å². The highest BCUT2D eigenvalue weighted by Gasteiger charge is 2.19. The van der Waals surface area contributed by atoms with E-state index in [1.54, 1.807) is 14.1 Å². The molecular formula is C21H32N6O. The number of carbonyl (C=O) groups excluding carboxylic acids is 1. The van der Waals surface area contributed by atoms with Crippen LogP contribution in [-0.2, 0) is 26.2 Å². The minimum Gasteiger partial charge on any atom is -0.332 e.